The topological polar surface area (TPSA) is 89.2 Å². The van der Waals surface area contributed by atoms with Gasteiger partial charge in [-0.2, -0.15) is 15.0 Å². The number of nitrogens with one attached hydrogen (secondary N) is 1. The van der Waals surface area contributed by atoms with Crippen molar-refractivity contribution in [2.75, 3.05) is 24.4 Å². The first-order valence-corrected chi connectivity index (χ1v) is 6.14. The molecule has 0 unspecified atom stereocenters. The number of hydrazine groups is 1. The Morgan fingerprint density at radius 1 is 1.15 bits per heavy atom. The van der Waals surface area contributed by atoms with Gasteiger partial charge in [-0.1, -0.05) is 12.1 Å². The Morgan fingerprint density at radius 2 is 1.90 bits per heavy atom. The van der Waals surface area contributed by atoms with Crippen LogP contribution in [0.3, 0.4) is 0 Å². The zero-order valence-electron chi connectivity index (χ0n) is 12.0. The third-order valence-electron chi connectivity index (χ3n) is 2.68. The quantitative estimate of drug-likeness (QED) is 0.647. The highest BCUT2D eigenvalue weighted by Gasteiger charge is 2.10. The van der Waals surface area contributed by atoms with Crippen LogP contribution < -0.4 is 20.9 Å². The van der Waals surface area contributed by atoms with Crippen molar-refractivity contribution in [1.82, 2.24) is 15.0 Å². The van der Waals surface area contributed by atoms with Crippen molar-refractivity contribution in [3.63, 3.8) is 0 Å². The number of ether oxygens (including phenoxy) is 1. The van der Waals surface area contributed by atoms with Crippen molar-refractivity contribution in [1.29, 1.82) is 0 Å². The van der Waals surface area contributed by atoms with E-state index in [0.29, 0.717) is 11.7 Å². The Bertz CT molecular complexity index is 614. The summed E-state index contributed by atoms with van der Waals surface area (Å²) in [6.07, 6.45) is 0. The van der Waals surface area contributed by atoms with E-state index < -0.39 is 0 Å². The van der Waals surface area contributed by atoms with Gasteiger partial charge in [0.25, 0.3) is 0 Å². The fourth-order valence-electron chi connectivity index (χ4n) is 1.57. The predicted molar refractivity (Wildman–Crippen MR) is 78.0 cm³/mol. The van der Waals surface area contributed by atoms with E-state index in [1.807, 2.05) is 46.1 Å². The molecule has 0 atom stereocenters. The summed E-state index contributed by atoms with van der Waals surface area (Å²) in [5.41, 5.74) is 4.51. The molecule has 7 heteroatoms. The smallest absolute Gasteiger partial charge is 0.328 e. The lowest BCUT2D eigenvalue weighted by Crippen LogP contribution is -2.17. The Hall–Kier alpha value is -2.41. The minimum Gasteiger partial charge on any atom is -0.424 e. The van der Waals surface area contributed by atoms with Crippen LogP contribution in [0.2, 0.25) is 0 Å². The molecule has 0 aliphatic rings. The van der Waals surface area contributed by atoms with Gasteiger partial charge in [0.05, 0.1) is 0 Å². The number of aromatic nitrogens is 3. The van der Waals surface area contributed by atoms with Crippen molar-refractivity contribution >= 4 is 11.9 Å². The molecule has 0 radical (unpaired) electrons. The van der Waals surface area contributed by atoms with Gasteiger partial charge in [-0.25, -0.2) is 5.84 Å². The molecule has 106 valence electrons. The van der Waals surface area contributed by atoms with E-state index in [9.17, 15) is 0 Å². The van der Waals surface area contributed by atoms with Gasteiger partial charge in [0.2, 0.25) is 11.9 Å². The summed E-state index contributed by atoms with van der Waals surface area (Å²) < 4.78 is 5.74. The monoisotopic (exact) mass is 274 g/mol. The second-order valence-corrected chi connectivity index (χ2v) is 4.65. The molecule has 0 aliphatic carbocycles. The number of hydrogen-bond acceptors (Lipinski definition) is 7. The summed E-state index contributed by atoms with van der Waals surface area (Å²) >= 11 is 0. The van der Waals surface area contributed by atoms with Crippen LogP contribution >= 0.6 is 0 Å². The summed E-state index contributed by atoms with van der Waals surface area (Å²) in [7, 11) is 3.66. The maximum absolute atomic E-state index is 5.74. The first kappa shape index (κ1) is 14.0. The standard InChI is InChI=1S/C13H18N6O/c1-8-5-6-9(2)10(7-8)20-13-16-11(18-14)15-12(17-13)19(3)4/h5-7H,14H2,1-4H3,(H,15,16,17,18). The minimum absolute atomic E-state index is 0.199. The van der Waals surface area contributed by atoms with Gasteiger partial charge in [-0.15, -0.1) is 0 Å². The molecule has 2 rings (SSSR count). The molecule has 1 aromatic carbocycles. The number of nitrogens with zero attached hydrogens (tertiary/aromatic N) is 4. The predicted octanol–water partition coefficient (Wildman–Crippen LogP) is 1.63. The normalized spacial score (nSPS) is 10.2. The first-order chi connectivity index (χ1) is 9.49. The molecule has 1 heterocycles. The summed E-state index contributed by atoms with van der Waals surface area (Å²) in [6, 6.07) is 6.14. The van der Waals surface area contributed by atoms with Crippen LogP contribution in [0.4, 0.5) is 11.9 Å². The van der Waals surface area contributed by atoms with E-state index in [1.54, 1.807) is 4.90 Å². The van der Waals surface area contributed by atoms with Crippen molar-refractivity contribution in [2.24, 2.45) is 5.84 Å². The lowest BCUT2D eigenvalue weighted by molar-refractivity contribution is 0.437. The Kier molecular flexibility index (Phi) is 3.99. The number of anilines is 2. The van der Waals surface area contributed by atoms with Crippen molar-refractivity contribution < 1.29 is 4.74 Å². The molecule has 0 saturated carbocycles. The molecular formula is C13H18N6O. The number of nitrogens with two attached hydrogens (primary N) is 1. The fraction of sp³-hybridized carbons (Fsp3) is 0.308. The summed E-state index contributed by atoms with van der Waals surface area (Å²) in [6.45, 7) is 3.96. The molecular weight excluding hydrogens is 256 g/mol. The minimum atomic E-state index is 0.199. The average molecular weight is 274 g/mol. The maximum Gasteiger partial charge on any atom is 0.328 e. The van der Waals surface area contributed by atoms with E-state index in [4.69, 9.17) is 10.6 Å². The van der Waals surface area contributed by atoms with E-state index in [-0.39, 0.29) is 12.0 Å². The highest BCUT2D eigenvalue weighted by molar-refractivity contribution is 5.40. The lowest BCUT2D eigenvalue weighted by Gasteiger charge is -2.13. The molecule has 1 aromatic heterocycles. The second-order valence-electron chi connectivity index (χ2n) is 4.65. The summed E-state index contributed by atoms with van der Waals surface area (Å²) in [5.74, 6) is 6.79. The van der Waals surface area contributed by atoms with Gasteiger partial charge in [-0.05, 0) is 31.0 Å². The van der Waals surface area contributed by atoms with E-state index in [2.05, 4.69) is 20.4 Å². The molecule has 0 bridgehead atoms. The molecule has 0 fully saturated rings. The Morgan fingerprint density at radius 3 is 2.55 bits per heavy atom. The Labute approximate surface area is 117 Å². The summed E-state index contributed by atoms with van der Waals surface area (Å²) in [4.78, 5) is 14.2. The van der Waals surface area contributed by atoms with Crippen molar-refractivity contribution in [3.05, 3.63) is 29.3 Å². The SMILES string of the molecule is Cc1ccc(C)c(Oc2nc(NN)nc(N(C)C)n2)c1. The lowest BCUT2D eigenvalue weighted by atomic mass is 10.1. The van der Waals surface area contributed by atoms with Gasteiger partial charge in [0.1, 0.15) is 5.75 Å². The second kappa shape index (κ2) is 5.70. The number of hydrogen-bond donors (Lipinski definition) is 2. The summed E-state index contributed by atoms with van der Waals surface area (Å²) in [5, 5.41) is 0. The van der Waals surface area contributed by atoms with Crippen LogP contribution in [-0.2, 0) is 0 Å². The molecule has 0 amide bonds. The van der Waals surface area contributed by atoms with Gasteiger partial charge in [-0.3, -0.25) is 5.43 Å². The van der Waals surface area contributed by atoms with Gasteiger partial charge in [0.15, 0.2) is 0 Å². The number of aryl methyl sites for hydroxylation is 2. The maximum atomic E-state index is 5.74. The van der Waals surface area contributed by atoms with Crippen molar-refractivity contribution in [2.45, 2.75) is 13.8 Å². The highest BCUT2D eigenvalue weighted by Crippen LogP contribution is 2.25. The molecule has 0 spiro atoms. The van der Waals surface area contributed by atoms with Crippen LogP contribution in [0.15, 0.2) is 18.2 Å². The molecule has 2 aromatic rings. The first-order valence-electron chi connectivity index (χ1n) is 6.14. The molecule has 0 aliphatic heterocycles. The fourth-order valence-corrected chi connectivity index (χ4v) is 1.57. The third-order valence-corrected chi connectivity index (χ3v) is 2.68. The van der Waals surface area contributed by atoms with Gasteiger partial charge in [0, 0.05) is 14.1 Å². The van der Waals surface area contributed by atoms with Crippen LogP contribution in [0.1, 0.15) is 11.1 Å². The number of rotatable bonds is 4. The van der Waals surface area contributed by atoms with Crippen LogP contribution in [0.25, 0.3) is 0 Å². The van der Waals surface area contributed by atoms with E-state index in [0.717, 1.165) is 11.1 Å². The molecule has 3 N–H and O–H groups in total. The highest BCUT2D eigenvalue weighted by atomic mass is 16.5. The zero-order valence-corrected chi connectivity index (χ0v) is 12.0. The largest absolute Gasteiger partial charge is 0.424 e. The van der Waals surface area contributed by atoms with Crippen LogP contribution in [0.5, 0.6) is 11.8 Å². The zero-order chi connectivity index (χ0) is 14.7. The number of nitrogen functional groups attached to an aromatic ring is 1. The average Bonchev–Trinajstić information content (AvgIpc) is 2.42. The number of benzene rings is 1. The van der Waals surface area contributed by atoms with Gasteiger partial charge < -0.3 is 9.64 Å². The molecule has 7 nitrogen and oxygen atoms in total. The molecule has 20 heavy (non-hydrogen) atoms. The van der Waals surface area contributed by atoms with E-state index in [1.165, 1.54) is 0 Å². The molecule has 0 saturated heterocycles. The third kappa shape index (κ3) is 3.12. The van der Waals surface area contributed by atoms with Gasteiger partial charge >= 0.3 is 6.01 Å². The van der Waals surface area contributed by atoms with E-state index >= 15 is 0 Å². The Balaban J connectivity index is 2.37. The van der Waals surface area contributed by atoms with Crippen LogP contribution in [-0.4, -0.2) is 29.0 Å². The van der Waals surface area contributed by atoms with Crippen LogP contribution in [0, 0.1) is 13.8 Å². The van der Waals surface area contributed by atoms with Crippen molar-refractivity contribution in [3.8, 4) is 11.8 Å².